The highest BCUT2D eigenvalue weighted by molar-refractivity contribution is 5.43. The zero-order chi connectivity index (χ0) is 15.6. The zero-order valence-corrected chi connectivity index (χ0v) is 13.9. The summed E-state index contributed by atoms with van der Waals surface area (Å²) < 4.78 is 14.7. The van der Waals surface area contributed by atoms with Crippen LogP contribution in [0.1, 0.15) is 46.6 Å². The topological polar surface area (TPSA) is 28.2 Å². The van der Waals surface area contributed by atoms with Crippen molar-refractivity contribution in [2.24, 2.45) is 11.8 Å². The van der Waals surface area contributed by atoms with Crippen molar-refractivity contribution in [1.29, 1.82) is 0 Å². The van der Waals surface area contributed by atoms with E-state index >= 15 is 0 Å². The molecular weight excluding hydrogens is 265 g/mol. The Morgan fingerprint density at radius 2 is 2.05 bits per heavy atom. The Balaban J connectivity index is 2.14. The summed E-state index contributed by atoms with van der Waals surface area (Å²) >= 11 is 0. The van der Waals surface area contributed by atoms with E-state index in [1.807, 2.05) is 0 Å². The van der Waals surface area contributed by atoms with E-state index < -0.39 is 0 Å². The smallest absolute Gasteiger partial charge is 0.170 e. The molecule has 3 nitrogen and oxygen atoms in total. The maximum atomic E-state index is 14.7. The first-order valence-corrected chi connectivity index (χ1v) is 7.91. The molecule has 1 N–H and O–H groups in total. The number of pyridine rings is 1. The summed E-state index contributed by atoms with van der Waals surface area (Å²) in [6.07, 6.45) is 2.83. The quantitative estimate of drug-likeness (QED) is 0.923. The van der Waals surface area contributed by atoms with Crippen molar-refractivity contribution in [2.45, 2.75) is 53.1 Å². The predicted octanol–water partition coefficient (Wildman–Crippen LogP) is 3.59. The largest absolute Gasteiger partial charge is 0.354 e. The first-order valence-electron chi connectivity index (χ1n) is 7.91. The molecule has 2 heterocycles. The number of nitrogens with one attached hydrogen (secondary N) is 1. The summed E-state index contributed by atoms with van der Waals surface area (Å²) in [6, 6.07) is 1.77. The minimum absolute atomic E-state index is 0.0229. The highest BCUT2D eigenvalue weighted by atomic mass is 19.1. The number of nitrogens with zero attached hydrogens (tertiary/aromatic N) is 2. The average Bonchev–Trinajstić information content (AvgIpc) is 2.40. The lowest BCUT2D eigenvalue weighted by molar-refractivity contribution is 0.320. The van der Waals surface area contributed by atoms with Crippen LogP contribution in [0.5, 0.6) is 0 Å². The second kappa shape index (κ2) is 6.30. The monoisotopic (exact) mass is 293 g/mol. The number of aromatic nitrogens is 1. The van der Waals surface area contributed by atoms with Crippen LogP contribution in [0.3, 0.4) is 0 Å². The summed E-state index contributed by atoms with van der Waals surface area (Å²) in [6.45, 7) is 13.1. The Kier molecular flexibility index (Phi) is 4.87. The predicted molar refractivity (Wildman–Crippen MR) is 85.9 cm³/mol. The molecule has 1 aliphatic heterocycles. The van der Waals surface area contributed by atoms with Gasteiger partial charge in [-0.05, 0) is 45.1 Å². The lowest BCUT2D eigenvalue weighted by Crippen LogP contribution is -2.39. The van der Waals surface area contributed by atoms with Crippen molar-refractivity contribution in [3.8, 4) is 0 Å². The molecular formula is C17H28FN3. The van der Waals surface area contributed by atoms with Crippen LogP contribution in [0.15, 0.2) is 12.3 Å². The van der Waals surface area contributed by atoms with Crippen molar-refractivity contribution in [1.82, 2.24) is 10.3 Å². The molecule has 118 valence electrons. The van der Waals surface area contributed by atoms with E-state index in [1.165, 1.54) is 0 Å². The van der Waals surface area contributed by atoms with Crippen molar-refractivity contribution >= 4 is 5.82 Å². The lowest BCUT2D eigenvalue weighted by atomic mass is 9.88. The fourth-order valence-electron chi connectivity index (χ4n) is 2.64. The molecule has 0 saturated carbocycles. The number of hydrogen-bond acceptors (Lipinski definition) is 3. The van der Waals surface area contributed by atoms with Crippen molar-refractivity contribution in [3.63, 3.8) is 0 Å². The van der Waals surface area contributed by atoms with Gasteiger partial charge in [-0.1, -0.05) is 13.8 Å². The fraction of sp³-hybridized carbons (Fsp3) is 0.706. The second-order valence-corrected chi connectivity index (χ2v) is 7.40. The van der Waals surface area contributed by atoms with Crippen LogP contribution in [0.2, 0.25) is 0 Å². The Morgan fingerprint density at radius 3 is 2.67 bits per heavy atom. The van der Waals surface area contributed by atoms with Gasteiger partial charge < -0.3 is 10.2 Å². The molecule has 0 bridgehead atoms. The lowest BCUT2D eigenvalue weighted by Gasteiger charge is -2.36. The molecule has 0 aliphatic carbocycles. The summed E-state index contributed by atoms with van der Waals surface area (Å²) in [5.41, 5.74) is 0.673. The second-order valence-electron chi connectivity index (χ2n) is 7.40. The summed E-state index contributed by atoms with van der Waals surface area (Å²) in [4.78, 5) is 6.39. The van der Waals surface area contributed by atoms with Gasteiger partial charge >= 0.3 is 0 Å². The highest BCUT2D eigenvalue weighted by Crippen LogP contribution is 2.28. The highest BCUT2D eigenvalue weighted by Gasteiger charge is 2.26. The molecule has 1 fully saturated rings. The molecule has 2 atom stereocenters. The molecule has 0 amide bonds. The summed E-state index contributed by atoms with van der Waals surface area (Å²) in [5, 5.41) is 3.34. The van der Waals surface area contributed by atoms with E-state index in [4.69, 9.17) is 0 Å². The molecule has 1 aliphatic rings. The van der Waals surface area contributed by atoms with E-state index in [0.717, 1.165) is 19.5 Å². The van der Waals surface area contributed by atoms with Gasteiger partial charge in [0.2, 0.25) is 0 Å². The minimum Gasteiger partial charge on any atom is -0.354 e. The molecule has 21 heavy (non-hydrogen) atoms. The van der Waals surface area contributed by atoms with E-state index in [9.17, 15) is 4.39 Å². The van der Waals surface area contributed by atoms with Gasteiger partial charge in [0.15, 0.2) is 11.6 Å². The third-order valence-corrected chi connectivity index (χ3v) is 4.39. The molecule has 2 rings (SSSR count). The molecule has 1 aromatic rings. The van der Waals surface area contributed by atoms with Gasteiger partial charge in [0, 0.05) is 36.9 Å². The summed E-state index contributed by atoms with van der Waals surface area (Å²) in [5.74, 6) is 1.63. The molecule has 1 saturated heterocycles. The molecule has 0 radical (unpaired) electrons. The van der Waals surface area contributed by atoms with Crippen molar-refractivity contribution in [2.75, 3.05) is 18.0 Å². The maximum Gasteiger partial charge on any atom is 0.170 e. The standard InChI is InChI=1S/C17H28FN3/c1-12-7-9-21(11-13(12)2)16-15(18)14(6-8-19-16)10-20-17(3,4)5/h6,8,12-13,20H,7,9-11H2,1-5H3. The molecule has 0 aromatic carbocycles. The van der Waals surface area contributed by atoms with Gasteiger partial charge in [-0.3, -0.25) is 0 Å². The average molecular weight is 293 g/mol. The van der Waals surface area contributed by atoms with Crippen LogP contribution in [-0.2, 0) is 6.54 Å². The first kappa shape index (κ1) is 16.2. The van der Waals surface area contributed by atoms with Crippen LogP contribution in [0.4, 0.5) is 10.2 Å². The van der Waals surface area contributed by atoms with Crippen LogP contribution >= 0.6 is 0 Å². The normalized spacial score (nSPS) is 23.4. The van der Waals surface area contributed by atoms with Crippen LogP contribution in [-0.4, -0.2) is 23.6 Å². The number of piperidine rings is 1. The minimum atomic E-state index is -0.170. The van der Waals surface area contributed by atoms with Crippen LogP contribution in [0, 0.1) is 17.7 Å². The van der Waals surface area contributed by atoms with E-state index in [0.29, 0.717) is 29.8 Å². The molecule has 4 heteroatoms. The Labute approximate surface area is 127 Å². The van der Waals surface area contributed by atoms with Crippen molar-refractivity contribution < 1.29 is 4.39 Å². The Bertz CT molecular complexity index is 481. The SMILES string of the molecule is CC1CCN(c2nccc(CNC(C)(C)C)c2F)CC1C. The third-order valence-electron chi connectivity index (χ3n) is 4.39. The zero-order valence-electron chi connectivity index (χ0n) is 13.9. The van der Waals surface area contributed by atoms with E-state index in [2.05, 4.69) is 49.8 Å². The van der Waals surface area contributed by atoms with Gasteiger partial charge in [0.05, 0.1) is 0 Å². The fourth-order valence-corrected chi connectivity index (χ4v) is 2.64. The molecule has 0 spiro atoms. The molecule has 2 unspecified atom stereocenters. The Hall–Kier alpha value is -1.16. The number of rotatable bonds is 3. The number of halogens is 1. The number of anilines is 1. The van der Waals surface area contributed by atoms with Crippen LogP contribution in [0.25, 0.3) is 0 Å². The number of hydrogen-bond donors (Lipinski definition) is 1. The maximum absolute atomic E-state index is 14.7. The summed E-state index contributed by atoms with van der Waals surface area (Å²) in [7, 11) is 0. The first-order chi connectivity index (χ1) is 9.78. The van der Waals surface area contributed by atoms with Gasteiger partial charge in [-0.15, -0.1) is 0 Å². The van der Waals surface area contributed by atoms with Gasteiger partial charge in [-0.2, -0.15) is 0 Å². The third kappa shape index (κ3) is 4.16. The van der Waals surface area contributed by atoms with Gasteiger partial charge in [0.25, 0.3) is 0 Å². The Morgan fingerprint density at radius 1 is 1.33 bits per heavy atom. The van der Waals surface area contributed by atoms with E-state index in [-0.39, 0.29) is 11.4 Å². The van der Waals surface area contributed by atoms with Crippen molar-refractivity contribution in [3.05, 3.63) is 23.6 Å². The molecule has 1 aromatic heterocycles. The van der Waals surface area contributed by atoms with E-state index in [1.54, 1.807) is 12.3 Å². The van der Waals surface area contributed by atoms with Gasteiger partial charge in [-0.25, -0.2) is 9.37 Å². The van der Waals surface area contributed by atoms with Crippen LogP contribution < -0.4 is 10.2 Å². The van der Waals surface area contributed by atoms with Gasteiger partial charge in [0.1, 0.15) is 0 Å².